The quantitative estimate of drug-likeness (QED) is 0.483. The number of aromatic nitrogens is 4. The van der Waals surface area contributed by atoms with Gasteiger partial charge in [-0.25, -0.2) is 4.98 Å². The summed E-state index contributed by atoms with van der Waals surface area (Å²) in [4.78, 5) is 4.69. The summed E-state index contributed by atoms with van der Waals surface area (Å²) in [5, 5.41) is 14.9. The van der Waals surface area contributed by atoms with Gasteiger partial charge >= 0.3 is 0 Å². The molecule has 4 aromatic rings. The van der Waals surface area contributed by atoms with Gasteiger partial charge in [0.1, 0.15) is 16.1 Å². The molecular weight excluding hydrogens is 401 g/mol. The monoisotopic (exact) mass is 413 g/mol. The second-order valence-electron chi connectivity index (χ2n) is 5.23. The lowest BCUT2D eigenvalue weighted by atomic mass is 10.2. The molecular formula is C17H12IN5. The number of rotatable bonds is 3. The van der Waals surface area contributed by atoms with E-state index in [-0.39, 0.29) is 6.54 Å². The van der Waals surface area contributed by atoms with Crippen LogP contribution in [0.15, 0.2) is 48.5 Å². The smallest absolute Gasteiger partial charge is 0.132 e. The summed E-state index contributed by atoms with van der Waals surface area (Å²) >= 11 is 2.25. The molecule has 2 aromatic carbocycles. The molecule has 0 aliphatic carbocycles. The summed E-state index contributed by atoms with van der Waals surface area (Å²) in [5.41, 5.74) is 2.96. The Morgan fingerprint density at radius 1 is 1.04 bits per heavy atom. The van der Waals surface area contributed by atoms with Crippen LogP contribution in [-0.2, 0) is 13.1 Å². The average molecular weight is 413 g/mol. The zero-order chi connectivity index (χ0) is 15.8. The first-order chi connectivity index (χ1) is 11.3. The molecule has 0 saturated heterocycles. The largest absolute Gasteiger partial charge is 0.312 e. The minimum Gasteiger partial charge on any atom is -0.312 e. The zero-order valence-electron chi connectivity index (χ0n) is 12.1. The fraction of sp³-hybridized carbons (Fsp3) is 0.118. The maximum Gasteiger partial charge on any atom is 0.132 e. The number of para-hydroxylation sites is 3. The normalized spacial score (nSPS) is 11.1. The number of fused-ring (bicyclic) bond motifs is 2. The Labute approximate surface area is 146 Å². The molecule has 0 bridgehead atoms. The summed E-state index contributed by atoms with van der Waals surface area (Å²) in [6.07, 6.45) is 0. The number of nitriles is 1. The lowest BCUT2D eigenvalue weighted by Crippen LogP contribution is -2.09. The van der Waals surface area contributed by atoms with E-state index < -0.39 is 0 Å². The van der Waals surface area contributed by atoms with E-state index in [1.807, 2.05) is 45.6 Å². The summed E-state index contributed by atoms with van der Waals surface area (Å²) in [5.74, 6) is 0.845. The summed E-state index contributed by atoms with van der Waals surface area (Å²) < 4.78 is 4.88. The van der Waals surface area contributed by atoms with Crippen LogP contribution in [-0.4, -0.2) is 19.3 Å². The third-order valence-electron chi connectivity index (χ3n) is 3.87. The van der Waals surface area contributed by atoms with Crippen LogP contribution in [0, 0.1) is 15.0 Å². The predicted molar refractivity (Wildman–Crippen MR) is 96.9 cm³/mol. The first kappa shape index (κ1) is 14.2. The maximum atomic E-state index is 9.14. The van der Waals surface area contributed by atoms with Gasteiger partial charge in [-0.1, -0.05) is 30.3 Å². The molecule has 6 heteroatoms. The molecule has 0 saturated carbocycles. The van der Waals surface area contributed by atoms with Crippen molar-refractivity contribution in [1.82, 2.24) is 19.3 Å². The highest BCUT2D eigenvalue weighted by Gasteiger charge is 2.14. The SMILES string of the molecule is N#CCn1c(Cn2nc(I)c3ccccc32)nc2ccccc21. The molecule has 112 valence electrons. The number of benzene rings is 2. The van der Waals surface area contributed by atoms with E-state index in [1.54, 1.807) is 0 Å². The second kappa shape index (κ2) is 5.66. The highest BCUT2D eigenvalue weighted by atomic mass is 127. The van der Waals surface area contributed by atoms with E-state index >= 15 is 0 Å². The first-order valence-corrected chi connectivity index (χ1v) is 8.28. The van der Waals surface area contributed by atoms with Gasteiger partial charge in [0.15, 0.2) is 0 Å². The molecule has 5 nitrogen and oxygen atoms in total. The molecule has 0 amide bonds. The highest BCUT2D eigenvalue weighted by molar-refractivity contribution is 14.1. The summed E-state index contributed by atoms with van der Waals surface area (Å²) in [6, 6.07) is 18.3. The van der Waals surface area contributed by atoms with Gasteiger partial charge in [-0.05, 0) is 40.8 Å². The van der Waals surface area contributed by atoms with Crippen LogP contribution in [0.4, 0.5) is 0 Å². The molecule has 0 aliphatic heterocycles. The molecule has 2 heterocycles. The molecule has 23 heavy (non-hydrogen) atoms. The van der Waals surface area contributed by atoms with Gasteiger partial charge < -0.3 is 4.57 Å². The molecule has 0 fully saturated rings. The van der Waals surface area contributed by atoms with E-state index in [2.05, 4.69) is 45.9 Å². The molecule has 0 unspecified atom stereocenters. The predicted octanol–water partition coefficient (Wildman–Crippen LogP) is 3.56. The Morgan fingerprint density at radius 2 is 1.78 bits per heavy atom. The Hall–Kier alpha value is -2.40. The van der Waals surface area contributed by atoms with Gasteiger partial charge in [0.05, 0.1) is 29.2 Å². The summed E-state index contributed by atoms with van der Waals surface area (Å²) in [7, 11) is 0. The Kier molecular flexibility index (Phi) is 3.50. The van der Waals surface area contributed by atoms with Gasteiger partial charge in [-0.15, -0.1) is 0 Å². The van der Waals surface area contributed by atoms with Crippen LogP contribution in [0.25, 0.3) is 21.9 Å². The van der Waals surface area contributed by atoms with Gasteiger partial charge in [0.2, 0.25) is 0 Å². The minimum absolute atomic E-state index is 0.284. The number of imidazole rings is 1. The van der Waals surface area contributed by atoms with E-state index in [0.29, 0.717) is 6.54 Å². The van der Waals surface area contributed by atoms with Crippen molar-refractivity contribution in [1.29, 1.82) is 5.26 Å². The molecule has 2 aromatic heterocycles. The number of hydrogen-bond donors (Lipinski definition) is 0. The van der Waals surface area contributed by atoms with Crippen molar-refractivity contribution >= 4 is 44.5 Å². The van der Waals surface area contributed by atoms with Crippen molar-refractivity contribution < 1.29 is 0 Å². The van der Waals surface area contributed by atoms with Crippen LogP contribution in [0.5, 0.6) is 0 Å². The Bertz CT molecular complexity index is 1050. The molecule has 0 aliphatic rings. The van der Waals surface area contributed by atoms with Crippen LogP contribution < -0.4 is 0 Å². The molecule has 0 spiro atoms. The topological polar surface area (TPSA) is 59.4 Å². The minimum atomic E-state index is 0.284. The van der Waals surface area contributed by atoms with E-state index in [1.165, 1.54) is 0 Å². The Balaban J connectivity index is 1.86. The lowest BCUT2D eigenvalue weighted by molar-refractivity contribution is 0.640. The van der Waals surface area contributed by atoms with Crippen molar-refractivity contribution in [3.05, 3.63) is 58.1 Å². The lowest BCUT2D eigenvalue weighted by Gasteiger charge is -2.06. The van der Waals surface area contributed by atoms with Crippen molar-refractivity contribution in [2.75, 3.05) is 0 Å². The molecule has 0 atom stereocenters. The highest BCUT2D eigenvalue weighted by Crippen LogP contribution is 2.22. The first-order valence-electron chi connectivity index (χ1n) is 7.20. The number of hydrogen-bond acceptors (Lipinski definition) is 3. The van der Waals surface area contributed by atoms with Gasteiger partial charge in [0, 0.05) is 5.39 Å². The second-order valence-corrected chi connectivity index (χ2v) is 6.25. The molecule has 4 rings (SSSR count). The van der Waals surface area contributed by atoms with E-state index in [0.717, 1.165) is 31.5 Å². The van der Waals surface area contributed by atoms with Gasteiger partial charge in [0.25, 0.3) is 0 Å². The summed E-state index contributed by atoms with van der Waals surface area (Å²) in [6.45, 7) is 0.825. The third-order valence-corrected chi connectivity index (χ3v) is 4.66. The fourth-order valence-electron chi connectivity index (χ4n) is 2.83. The molecule has 0 radical (unpaired) electrons. The van der Waals surface area contributed by atoms with Crippen molar-refractivity contribution in [3.8, 4) is 6.07 Å². The molecule has 0 N–H and O–H groups in total. The zero-order valence-corrected chi connectivity index (χ0v) is 14.3. The van der Waals surface area contributed by atoms with E-state index in [4.69, 9.17) is 10.2 Å². The number of nitrogens with zero attached hydrogens (tertiary/aromatic N) is 5. The standard InChI is InChI=1S/C17H12IN5/c18-17-12-5-1-3-7-14(12)23(21-17)11-16-20-13-6-2-4-8-15(13)22(16)10-9-19/h1-8H,10-11H2. The maximum absolute atomic E-state index is 9.14. The van der Waals surface area contributed by atoms with Crippen molar-refractivity contribution in [2.24, 2.45) is 0 Å². The van der Waals surface area contributed by atoms with Crippen LogP contribution >= 0.6 is 22.6 Å². The fourth-order valence-corrected chi connectivity index (χ4v) is 3.55. The van der Waals surface area contributed by atoms with Crippen LogP contribution in [0.3, 0.4) is 0 Å². The Morgan fingerprint density at radius 3 is 2.61 bits per heavy atom. The van der Waals surface area contributed by atoms with Gasteiger partial charge in [-0.3, -0.25) is 4.68 Å². The van der Waals surface area contributed by atoms with Gasteiger partial charge in [-0.2, -0.15) is 10.4 Å². The van der Waals surface area contributed by atoms with Crippen molar-refractivity contribution in [3.63, 3.8) is 0 Å². The van der Waals surface area contributed by atoms with Crippen LogP contribution in [0.1, 0.15) is 5.82 Å². The van der Waals surface area contributed by atoms with Crippen LogP contribution in [0.2, 0.25) is 0 Å². The van der Waals surface area contributed by atoms with Crippen molar-refractivity contribution in [2.45, 2.75) is 13.1 Å². The third kappa shape index (κ3) is 2.37. The van der Waals surface area contributed by atoms with E-state index in [9.17, 15) is 0 Å². The average Bonchev–Trinajstić information content (AvgIpc) is 3.08. The number of halogens is 1.